The van der Waals surface area contributed by atoms with Crippen LogP contribution < -0.4 is 10.2 Å². The molecular formula is C15H18ClN3O2. The van der Waals surface area contributed by atoms with Crippen molar-refractivity contribution in [1.82, 2.24) is 4.90 Å². The number of ketones is 1. The minimum absolute atomic E-state index is 0.366. The lowest BCUT2D eigenvalue weighted by molar-refractivity contribution is -0.112. The Morgan fingerprint density at radius 1 is 1.29 bits per heavy atom. The smallest absolute Gasteiger partial charge is 0.296 e. The summed E-state index contributed by atoms with van der Waals surface area (Å²) in [6.07, 6.45) is 2.15. The summed E-state index contributed by atoms with van der Waals surface area (Å²) in [5.41, 5.74) is 1.79. The summed E-state index contributed by atoms with van der Waals surface area (Å²) in [6.45, 7) is 2.12. The zero-order valence-corrected chi connectivity index (χ0v) is 12.9. The van der Waals surface area contributed by atoms with Crippen LogP contribution in [0.3, 0.4) is 0 Å². The molecule has 2 aliphatic heterocycles. The van der Waals surface area contributed by atoms with E-state index in [9.17, 15) is 9.59 Å². The third-order valence-corrected chi connectivity index (χ3v) is 4.70. The lowest BCUT2D eigenvalue weighted by atomic mass is 10.0. The van der Waals surface area contributed by atoms with E-state index in [1.165, 1.54) is 0 Å². The van der Waals surface area contributed by atoms with Crippen molar-refractivity contribution in [2.75, 3.05) is 37.4 Å². The highest BCUT2D eigenvalue weighted by atomic mass is 35.5. The van der Waals surface area contributed by atoms with E-state index in [1.54, 1.807) is 12.1 Å². The van der Waals surface area contributed by atoms with Gasteiger partial charge in [-0.1, -0.05) is 11.6 Å². The second-order valence-corrected chi connectivity index (χ2v) is 6.19. The summed E-state index contributed by atoms with van der Waals surface area (Å²) < 4.78 is 0. The molecule has 2 aliphatic rings. The molecule has 6 heteroatoms. The fraction of sp³-hybridized carbons (Fsp3) is 0.467. The van der Waals surface area contributed by atoms with Crippen LogP contribution in [0.5, 0.6) is 0 Å². The average molecular weight is 308 g/mol. The Morgan fingerprint density at radius 2 is 1.95 bits per heavy atom. The number of likely N-dealkylation sites (tertiary alicyclic amines) is 1. The Balaban J connectivity index is 1.88. The standard InChI is InChI=1S/C15H18ClN3O2/c1-18-5-3-9(4-6-18)19(2)13-8-12-10(7-11(13)16)14(20)15(21)17-12/h7-9H,3-6H2,1-2H3,(H,17,20,21). The van der Waals surface area contributed by atoms with E-state index in [2.05, 4.69) is 22.2 Å². The monoisotopic (exact) mass is 307 g/mol. The van der Waals surface area contributed by atoms with Crippen molar-refractivity contribution < 1.29 is 9.59 Å². The van der Waals surface area contributed by atoms with Crippen LogP contribution in [0.2, 0.25) is 5.02 Å². The van der Waals surface area contributed by atoms with Gasteiger partial charge >= 0.3 is 0 Å². The predicted molar refractivity (Wildman–Crippen MR) is 83.3 cm³/mol. The van der Waals surface area contributed by atoms with E-state index in [4.69, 9.17) is 11.6 Å². The number of halogens is 1. The fourth-order valence-electron chi connectivity index (χ4n) is 3.00. The topological polar surface area (TPSA) is 52.7 Å². The van der Waals surface area contributed by atoms with Crippen LogP contribution in [-0.4, -0.2) is 49.8 Å². The number of hydrogen-bond acceptors (Lipinski definition) is 4. The van der Waals surface area contributed by atoms with E-state index in [0.29, 0.717) is 22.3 Å². The SMILES string of the molecule is CN1CCC(N(C)c2cc3c(cc2Cl)C(=O)C(=O)N3)CC1. The first-order valence-electron chi connectivity index (χ1n) is 7.08. The maximum atomic E-state index is 11.7. The van der Waals surface area contributed by atoms with Crippen LogP contribution in [-0.2, 0) is 4.79 Å². The molecule has 0 aliphatic carbocycles. The van der Waals surface area contributed by atoms with Crippen molar-refractivity contribution in [2.24, 2.45) is 0 Å². The number of rotatable bonds is 2. The molecule has 1 aromatic rings. The Kier molecular flexibility index (Phi) is 3.63. The maximum Gasteiger partial charge on any atom is 0.296 e. The van der Waals surface area contributed by atoms with Gasteiger partial charge in [0.15, 0.2) is 0 Å². The van der Waals surface area contributed by atoms with Gasteiger partial charge in [-0.3, -0.25) is 9.59 Å². The van der Waals surface area contributed by atoms with Crippen LogP contribution >= 0.6 is 11.6 Å². The molecule has 0 bridgehead atoms. The molecule has 1 aromatic carbocycles. The Labute approximate surface area is 128 Å². The number of carbonyl (C=O) groups excluding carboxylic acids is 2. The van der Waals surface area contributed by atoms with Crippen LogP contribution in [0, 0.1) is 0 Å². The molecule has 0 aromatic heterocycles. The van der Waals surface area contributed by atoms with Gasteiger partial charge in [-0.25, -0.2) is 0 Å². The fourth-order valence-corrected chi connectivity index (χ4v) is 3.30. The van der Waals surface area contributed by atoms with Crippen molar-refractivity contribution in [1.29, 1.82) is 0 Å². The van der Waals surface area contributed by atoms with E-state index in [1.807, 2.05) is 7.05 Å². The molecule has 0 spiro atoms. The number of anilines is 2. The Hall–Kier alpha value is -1.59. The number of fused-ring (bicyclic) bond motifs is 1. The van der Waals surface area contributed by atoms with E-state index in [-0.39, 0.29) is 0 Å². The van der Waals surface area contributed by atoms with Crippen molar-refractivity contribution >= 4 is 34.7 Å². The molecule has 0 unspecified atom stereocenters. The summed E-state index contributed by atoms with van der Waals surface area (Å²) in [4.78, 5) is 27.6. The molecule has 0 saturated carbocycles. The van der Waals surface area contributed by atoms with Crippen LogP contribution in [0.15, 0.2) is 12.1 Å². The van der Waals surface area contributed by atoms with Crippen LogP contribution in [0.1, 0.15) is 23.2 Å². The molecule has 1 fully saturated rings. The van der Waals surface area contributed by atoms with Gasteiger partial charge < -0.3 is 15.1 Å². The number of carbonyl (C=O) groups is 2. The molecule has 1 amide bonds. The molecule has 112 valence electrons. The highest BCUT2D eigenvalue weighted by molar-refractivity contribution is 6.52. The van der Waals surface area contributed by atoms with Crippen molar-refractivity contribution in [3.63, 3.8) is 0 Å². The predicted octanol–water partition coefficient (Wildman–Crippen LogP) is 2.01. The largest absolute Gasteiger partial charge is 0.370 e. The molecule has 0 radical (unpaired) electrons. The van der Waals surface area contributed by atoms with Gasteiger partial charge in [0.2, 0.25) is 0 Å². The molecule has 0 atom stereocenters. The normalized spacial score (nSPS) is 19.6. The molecule has 21 heavy (non-hydrogen) atoms. The summed E-state index contributed by atoms with van der Waals surface area (Å²) in [7, 11) is 4.14. The van der Waals surface area contributed by atoms with Gasteiger partial charge in [0.25, 0.3) is 11.7 Å². The van der Waals surface area contributed by atoms with Gasteiger partial charge in [0, 0.05) is 13.1 Å². The van der Waals surface area contributed by atoms with Crippen LogP contribution in [0.4, 0.5) is 11.4 Å². The van der Waals surface area contributed by atoms with Gasteiger partial charge in [-0.05, 0) is 45.1 Å². The number of benzene rings is 1. The second kappa shape index (κ2) is 5.31. The average Bonchev–Trinajstić information content (AvgIpc) is 2.73. The number of nitrogens with zero attached hydrogens (tertiary/aromatic N) is 2. The summed E-state index contributed by atoms with van der Waals surface area (Å²) in [5.74, 6) is -1.10. The van der Waals surface area contributed by atoms with Crippen molar-refractivity contribution in [3.8, 4) is 0 Å². The minimum atomic E-state index is -0.583. The summed E-state index contributed by atoms with van der Waals surface area (Å²) >= 11 is 6.32. The summed E-state index contributed by atoms with van der Waals surface area (Å²) in [6, 6.07) is 3.82. The number of piperidine rings is 1. The first-order valence-corrected chi connectivity index (χ1v) is 7.46. The van der Waals surface area contributed by atoms with E-state index < -0.39 is 11.7 Å². The second-order valence-electron chi connectivity index (χ2n) is 5.78. The van der Waals surface area contributed by atoms with Gasteiger partial charge in [0.1, 0.15) is 0 Å². The maximum absolute atomic E-state index is 11.7. The third-order valence-electron chi connectivity index (χ3n) is 4.40. The Bertz CT molecular complexity index is 609. The summed E-state index contributed by atoms with van der Waals surface area (Å²) in [5, 5.41) is 3.11. The minimum Gasteiger partial charge on any atom is -0.370 e. The zero-order chi connectivity index (χ0) is 15.1. The molecule has 2 heterocycles. The highest BCUT2D eigenvalue weighted by Crippen LogP contribution is 2.36. The first-order chi connectivity index (χ1) is 9.97. The highest BCUT2D eigenvalue weighted by Gasteiger charge is 2.30. The van der Waals surface area contributed by atoms with E-state index >= 15 is 0 Å². The van der Waals surface area contributed by atoms with Crippen LogP contribution in [0.25, 0.3) is 0 Å². The molecule has 3 rings (SSSR count). The Morgan fingerprint density at radius 3 is 2.62 bits per heavy atom. The van der Waals surface area contributed by atoms with Gasteiger partial charge in [-0.2, -0.15) is 0 Å². The number of nitrogens with one attached hydrogen (secondary N) is 1. The lowest BCUT2D eigenvalue weighted by Gasteiger charge is -2.36. The van der Waals surface area contributed by atoms with E-state index in [0.717, 1.165) is 31.6 Å². The molecule has 5 nitrogen and oxygen atoms in total. The molecule has 1 saturated heterocycles. The van der Waals surface area contributed by atoms with Crippen molar-refractivity contribution in [3.05, 3.63) is 22.7 Å². The van der Waals surface area contributed by atoms with Crippen molar-refractivity contribution in [2.45, 2.75) is 18.9 Å². The molecule has 1 N–H and O–H groups in total. The number of hydrogen-bond donors (Lipinski definition) is 1. The number of amides is 1. The first kappa shape index (κ1) is 14.4. The number of Topliss-reactive ketones (excluding diaryl/α,β-unsaturated/α-hetero) is 1. The zero-order valence-electron chi connectivity index (χ0n) is 12.1. The quantitative estimate of drug-likeness (QED) is 0.849. The van der Waals surface area contributed by atoms with Gasteiger partial charge in [0.05, 0.1) is 22.0 Å². The third kappa shape index (κ3) is 2.51. The van der Waals surface area contributed by atoms with Gasteiger partial charge in [-0.15, -0.1) is 0 Å². The lowest BCUT2D eigenvalue weighted by Crippen LogP contribution is -2.42. The molecular weight excluding hydrogens is 290 g/mol.